The van der Waals surface area contributed by atoms with Crippen LogP contribution in [0.3, 0.4) is 0 Å². The molecule has 1 aromatic heterocycles. The lowest BCUT2D eigenvalue weighted by atomic mass is 10.2. The Balaban J connectivity index is 1.72. The first-order chi connectivity index (χ1) is 14.3. The number of hydrogen-bond acceptors (Lipinski definition) is 5. The van der Waals surface area contributed by atoms with Crippen LogP contribution in [0.25, 0.3) is 11.4 Å². The fourth-order valence-corrected chi connectivity index (χ4v) is 2.99. The summed E-state index contributed by atoms with van der Waals surface area (Å²) in [6.07, 6.45) is 0. The molecule has 3 aromatic carbocycles. The number of rotatable bonds is 6. The molecule has 0 radical (unpaired) electrons. The monoisotopic (exact) mass is 384 g/mol. The van der Waals surface area contributed by atoms with Crippen LogP contribution < -0.4 is 10.1 Å². The van der Waals surface area contributed by atoms with Crippen molar-refractivity contribution in [3.63, 3.8) is 0 Å². The average molecular weight is 384 g/mol. The zero-order chi connectivity index (χ0) is 20.1. The zero-order valence-corrected chi connectivity index (χ0v) is 15.9. The van der Waals surface area contributed by atoms with Crippen molar-refractivity contribution in [1.29, 1.82) is 0 Å². The highest BCUT2D eigenvalue weighted by atomic mass is 16.5. The fraction of sp³-hybridized carbons (Fsp3) is 0.0870. The van der Waals surface area contributed by atoms with Gasteiger partial charge in [0, 0.05) is 12.1 Å². The average Bonchev–Trinajstić information content (AvgIpc) is 3.23. The quantitative estimate of drug-likeness (QED) is 0.538. The first-order valence-electron chi connectivity index (χ1n) is 9.24. The summed E-state index contributed by atoms with van der Waals surface area (Å²) in [6.45, 7) is 0.521. The lowest BCUT2D eigenvalue weighted by molar-refractivity contribution is 0.0944. The second-order valence-corrected chi connectivity index (χ2v) is 6.38. The van der Waals surface area contributed by atoms with Crippen molar-refractivity contribution in [3.05, 3.63) is 96.1 Å². The molecule has 6 heteroatoms. The number of hydrogen-bond donors (Lipinski definition) is 1. The number of ether oxygens (including phenoxy) is 1. The first-order valence-corrected chi connectivity index (χ1v) is 9.24. The van der Waals surface area contributed by atoms with Crippen LogP contribution in [0, 0.1) is 0 Å². The summed E-state index contributed by atoms with van der Waals surface area (Å²) in [6, 6.07) is 26.6. The van der Waals surface area contributed by atoms with Gasteiger partial charge < -0.3 is 10.1 Å². The SMILES string of the molecule is COc1ccccc1C(=O)n1nc(-c2ccccc2)nc1NCc1ccccc1. The van der Waals surface area contributed by atoms with E-state index in [1.807, 2.05) is 66.7 Å². The Bertz CT molecular complexity index is 1110. The molecule has 0 saturated heterocycles. The maximum atomic E-state index is 13.2. The van der Waals surface area contributed by atoms with Crippen LogP contribution >= 0.6 is 0 Å². The molecule has 29 heavy (non-hydrogen) atoms. The van der Waals surface area contributed by atoms with Gasteiger partial charge in [-0.15, -0.1) is 5.10 Å². The number of para-hydroxylation sites is 1. The summed E-state index contributed by atoms with van der Waals surface area (Å²) in [7, 11) is 1.54. The van der Waals surface area contributed by atoms with Gasteiger partial charge in [0.15, 0.2) is 5.82 Å². The molecule has 0 saturated carbocycles. The number of aromatic nitrogens is 3. The van der Waals surface area contributed by atoms with Crippen LogP contribution in [0.4, 0.5) is 5.95 Å². The Kier molecular flexibility index (Phi) is 5.33. The maximum absolute atomic E-state index is 13.2. The summed E-state index contributed by atoms with van der Waals surface area (Å²) >= 11 is 0. The fourth-order valence-electron chi connectivity index (χ4n) is 2.99. The highest BCUT2D eigenvalue weighted by Gasteiger charge is 2.21. The summed E-state index contributed by atoms with van der Waals surface area (Å²) < 4.78 is 6.64. The van der Waals surface area contributed by atoms with E-state index in [1.54, 1.807) is 18.2 Å². The molecule has 6 nitrogen and oxygen atoms in total. The van der Waals surface area contributed by atoms with E-state index in [1.165, 1.54) is 11.8 Å². The molecule has 0 amide bonds. The normalized spacial score (nSPS) is 10.5. The summed E-state index contributed by atoms with van der Waals surface area (Å²) in [5.74, 6) is 1.03. The largest absolute Gasteiger partial charge is 0.496 e. The molecule has 4 rings (SSSR count). The van der Waals surface area contributed by atoms with Gasteiger partial charge in [-0.25, -0.2) is 0 Å². The summed E-state index contributed by atoms with van der Waals surface area (Å²) in [5.41, 5.74) is 2.33. The predicted molar refractivity (Wildman–Crippen MR) is 112 cm³/mol. The third kappa shape index (κ3) is 4.01. The van der Waals surface area contributed by atoms with Crippen molar-refractivity contribution in [2.24, 2.45) is 0 Å². The van der Waals surface area contributed by atoms with Crippen molar-refractivity contribution in [2.45, 2.75) is 6.54 Å². The Morgan fingerprint density at radius 1 is 0.931 bits per heavy atom. The third-order valence-electron chi connectivity index (χ3n) is 4.46. The van der Waals surface area contributed by atoms with Crippen LogP contribution in [-0.2, 0) is 6.54 Å². The van der Waals surface area contributed by atoms with Crippen LogP contribution in [0.1, 0.15) is 15.9 Å². The number of methoxy groups -OCH3 is 1. The zero-order valence-electron chi connectivity index (χ0n) is 15.9. The highest BCUT2D eigenvalue weighted by molar-refractivity contribution is 5.99. The molecule has 1 heterocycles. The van der Waals surface area contributed by atoms with Gasteiger partial charge in [0.05, 0.1) is 12.7 Å². The van der Waals surface area contributed by atoms with E-state index >= 15 is 0 Å². The van der Waals surface area contributed by atoms with Gasteiger partial charge in [-0.05, 0) is 17.7 Å². The van der Waals surface area contributed by atoms with Crippen molar-refractivity contribution in [1.82, 2.24) is 14.8 Å². The van der Waals surface area contributed by atoms with Crippen LogP contribution in [0.15, 0.2) is 84.9 Å². The second-order valence-electron chi connectivity index (χ2n) is 6.38. The van der Waals surface area contributed by atoms with E-state index in [0.29, 0.717) is 29.6 Å². The molecule has 0 spiro atoms. The van der Waals surface area contributed by atoms with Gasteiger partial charge in [0.1, 0.15) is 5.75 Å². The molecule has 0 aliphatic heterocycles. The molecular formula is C23H20N4O2. The van der Waals surface area contributed by atoms with E-state index in [0.717, 1.165) is 11.1 Å². The Morgan fingerprint density at radius 2 is 1.59 bits per heavy atom. The smallest absolute Gasteiger partial charge is 0.285 e. The molecular weight excluding hydrogens is 364 g/mol. The number of carbonyl (C=O) groups is 1. The van der Waals surface area contributed by atoms with Gasteiger partial charge in [-0.3, -0.25) is 4.79 Å². The van der Waals surface area contributed by atoms with E-state index < -0.39 is 0 Å². The molecule has 1 N–H and O–H groups in total. The number of anilines is 1. The molecule has 0 unspecified atom stereocenters. The third-order valence-corrected chi connectivity index (χ3v) is 4.46. The Morgan fingerprint density at radius 3 is 2.31 bits per heavy atom. The number of benzene rings is 3. The molecule has 144 valence electrons. The first kappa shape index (κ1) is 18.4. The van der Waals surface area contributed by atoms with Crippen molar-refractivity contribution >= 4 is 11.9 Å². The topological polar surface area (TPSA) is 69.0 Å². The minimum Gasteiger partial charge on any atom is -0.496 e. The molecule has 0 atom stereocenters. The lowest BCUT2D eigenvalue weighted by Crippen LogP contribution is -2.18. The molecule has 4 aromatic rings. The van der Waals surface area contributed by atoms with E-state index in [4.69, 9.17) is 4.74 Å². The minimum absolute atomic E-state index is 0.312. The predicted octanol–water partition coefficient (Wildman–Crippen LogP) is 4.25. The van der Waals surface area contributed by atoms with Gasteiger partial charge in [0.25, 0.3) is 5.91 Å². The maximum Gasteiger partial charge on any atom is 0.285 e. The van der Waals surface area contributed by atoms with E-state index in [9.17, 15) is 4.79 Å². The number of carbonyl (C=O) groups excluding carboxylic acids is 1. The van der Waals surface area contributed by atoms with Crippen LogP contribution in [0.5, 0.6) is 5.75 Å². The molecule has 0 bridgehead atoms. The standard InChI is InChI=1S/C23H20N4O2/c1-29-20-15-9-8-14-19(20)22(28)27-23(24-16-17-10-4-2-5-11-17)25-21(26-27)18-12-6-3-7-13-18/h2-15H,16H2,1H3,(H,24,25,26). The summed E-state index contributed by atoms with van der Waals surface area (Å²) in [5, 5.41) is 7.72. The van der Waals surface area contributed by atoms with Crippen LogP contribution in [-0.4, -0.2) is 27.8 Å². The van der Waals surface area contributed by atoms with Gasteiger partial charge in [0.2, 0.25) is 5.95 Å². The molecule has 0 aliphatic carbocycles. The Hall–Kier alpha value is -3.93. The molecule has 0 fully saturated rings. The van der Waals surface area contributed by atoms with Gasteiger partial charge in [-0.2, -0.15) is 9.67 Å². The minimum atomic E-state index is -0.312. The highest BCUT2D eigenvalue weighted by Crippen LogP contribution is 2.23. The van der Waals surface area contributed by atoms with Crippen molar-refractivity contribution in [2.75, 3.05) is 12.4 Å². The Labute approximate surface area is 168 Å². The van der Waals surface area contributed by atoms with Gasteiger partial charge >= 0.3 is 0 Å². The number of nitrogens with zero attached hydrogens (tertiary/aromatic N) is 3. The van der Waals surface area contributed by atoms with Crippen molar-refractivity contribution < 1.29 is 9.53 Å². The lowest BCUT2D eigenvalue weighted by Gasteiger charge is -2.09. The van der Waals surface area contributed by atoms with E-state index in [2.05, 4.69) is 15.4 Å². The van der Waals surface area contributed by atoms with Gasteiger partial charge in [-0.1, -0.05) is 72.8 Å². The second kappa shape index (κ2) is 8.39. The van der Waals surface area contributed by atoms with Crippen LogP contribution in [0.2, 0.25) is 0 Å². The van der Waals surface area contributed by atoms with E-state index in [-0.39, 0.29) is 5.91 Å². The molecule has 0 aliphatic rings. The number of nitrogens with one attached hydrogen (secondary N) is 1. The summed E-state index contributed by atoms with van der Waals surface area (Å²) in [4.78, 5) is 17.8. The van der Waals surface area contributed by atoms with Crippen molar-refractivity contribution in [3.8, 4) is 17.1 Å².